The predicted octanol–water partition coefficient (Wildman–Crippen LogP) is 2.12. The number of amides is 1. The molecule has 1 aromatic heterocycles. The van der Waals surface area contributed by atoms with Crippen molar-refractivity contribution in [2.75, 3.05) is 0 Å². The molecule has 120 valence electrons. The highest BCUT2D eigenvalue weighted by Crippen LogP contribution is 2.38. The first-order chi connectivity index (χ1) is 11.3. The molecule has 4 rings (SSSR count). The minimum absolute atomic E-state index is 0.0353. The fourth-order valence-corrected chi connectivity index (χ4v) is 3.59. The molecule has 3 heterocycles. The van der Waals surface area contributed by atoms with E-state index in [1.165, 1.54) is 5.56 Å². The van der Waals surface area contributed by atoms with Crippen LogP contribution < -0.4 is 5.32 Å². The third-order valence-corrected chi connectivity index (χ3v) is 4.78. The average molecular weight is 311 g/mol. The van der Waals surface area contributed by atoms with Crippen molar-refractivity contribution < 1.29 is 9.53 Å². The Labute approximate surface area is 135 Å². The summed E-state index contributed by atoms with van der Waals surface area (Å²) in [5.41, 5.74) is 2.24. The zero-order chi connectivity index (χ0) is 15.6. The Morgan fingerprint density at radius 1 is 1.26 bits per heavy atom. The highest BCUT2D eigenvalue weighted by Gasteiger charge is 2.44. The molecule has 2 fully saturated rings. The van der Waals surface area contributed by atoms with E-state index in [0.29, 0.717) is 12.6 Å². The van der Waals surface area contributed by atoms with Gasteiger partial charge in [-0.1, -0.05) is 30.3 Å². The first kappa shape index (κ1) is 14.5. The maximum absolute atomic E-state index is 12.3. The number of carbonyl (C=O) groups excluding carboxylic acids is 1. The van der Waals surface area contributed by atoms with Crippen LogP contribution in [-0.4, -0.2) is 27.9 Å². The Kier molecular flexibility index (Phi) is 3.87. The molecule has 2 aliphatic heterocycles. The number of nitrogens with one attached hydrogen (secondary N) is 1. The highest BCUT2D eigenvalue weighted by atomic mass is 16.5. The number of rotatable bonds is 5. The number of aromatic nitrogens is 2. The Morgan fingerprint density at radius 2 is 2.13 bits per heavy atom. The van der Waals surface area contributed by atoms with Crippen LogP contribution in [0.2, 0.25) is 0 Å². The second-order valence-corrected chi connectivity index (χ2v) is 6.47. The molecule has 0 saturated carbocycles. The summed E-state index contributed by atoms with van der Waals surface area (Å²) in [6.07, 6.45) is 7.28. The second kappa shape index (κ2) is 6.16. The minimum atomic E-state index is 0.0353. The van der Waals surface area contributed by atoms with Crippen molar-refractivity contribution in [2.45, 2.75) is 44.6 Å². The molecule has 1 amide bonds. The van der Waals surface area contributed by atoms with Gasteiger partial charge in [-0.25, -0.2) is 0 Å². The molecule has 2 aromatic rings. The van der Waals surface area contributed by atoms with Crippen LogP contribution in [-0.2, 0) is 22.6 Å². The molecule has 0 radical (unpaired) electrons. The summed E-state index contributed by atoms with van der Waals surface area (Å²) in [6, 6.07) is 10.2. The van der Waals surface area contributed by atoms with Gasteiger partial charge in [-0.05, 0) is 24.8 Å². The first-order valence-corrected chi connectivity index (χ1v) is 8.26. The molecule has 1 aromatic carbocycles. The molecular formula is C18H21N3O2. The number of hydrogen-bond donors (Lipinski definition) is 1. The van der Waals surface area contributed by atoms with E-state index >= 15 is 0 Å². The lowest BCUT2D eigenvalue weighted by atomic mass is 9.88. The van der Waals surface area contributed by atoms with Crippen molar-refractivity contribution in [2.24, 2.45) is 5.92 Å². The molecule has 0 spiro atoms. The largest absolute Gasteiger partial charge is 0.374 e. The Hall–Kier alpha value is -2.14. The number of ether oxygens (including phenoxy) is 1. The van der Waals surface area contributed by atoms with Crippen molar-refractivity contribution in [3.05, 3.63) is 53.9 Å². The van der Waals surface area contributed by atoms with Gasteiger partial charge in [0.2, 0.25) is 5.91 Å². The van der Waals surface area contributed by atoms with E-state index in [9.17, 15) is 4.79 Å². The zero-order valence-electron chi connectivity index (χ0n) is 13.0. The third-order valence-electron chi connectivity index (χ3n) is 4.78. The fourth-order valence-electron chi connectivity index (χ4n) is 3.59. The highest BCUT2D eigenvalue weighted by molar-refractivity contribution is 5.79. The lowest BCUT2D eigenvalue weighted by Crippen LogP contribution is -2.35. The summed E-state index contributed by atoms with van der Waals surface area (Å²) < 4.78 is 7.65. The van der Waals surface area contributed by atoms with Gasteiger partial charge in [-0.15, -0.1) is 0 Å². The SMILES string of the molecule is O=C(NCc1cnn(Cc2ccccc2)c1)C1CC2CCC1O2. The predicted molar refractivity (Wildman–Crippen MR) is 85.6 cm³/mol. The lowest BCUT2D eigenvalue weighted by molar-refractivity contribution is -0.126. The van der Waals surface area contributed by atoms with E-state index in [4.69, 9.17) is 4.74 Å². The smallest absolute Gasteiger partial charge is 0.226 e. The molecule has 2 saturated heterocycles. The van der Waals surface area contributed by atoms with Crippen LogP contribution in [0, 0.1) is 5.92 Å². The lowest BCUT2D eigenvalue weighted by Gasteiger charge is -2.17. The minimum Gasteiger partial charge on any atom is -0.374 e. The molecule has 5 nitrogen and oxygen atoms in total. The fraction of sp³-hybridized carbons (Fsp3) is 0.444. The summed E-state index contributed by atoms with van der Waals surface area (Å²) in [4.78, 5) is 12.3. The number of nitrogens with zero attached hydrogens (tertiary/aromatic N) is 2. The third kappa shape index (κ3) is 3.15. The van der Waals surface area contributed by atoms with Crippen LogP contribution in [0.5, 0.6) is 0 Å². The number of fused-ring (bicyclic) bond motifs is 2. The van der Waals surface area contributed by atoms with E-state index in [1.807, 2.05) is 35.3 Å². The van der Waals surface area contributed by atoms with Gasteiger partial charge < -0.3 is 10.1 Å². The summed E-state index contributed by atoms with van der Waals surface area (Å²) in [6.45, 7) is 1.27. The zero-order valence-corrected chi connectivity index (χ0v) is 13.0. The summed E-state index contributed by atoms with van der Waals surface area (Å²) in [7, 11) is 0. The number of carbonyl (C=O) groups is 1. The van der Waals surface area contributed by atoms with E-state index in [2.05, 4.69) is 22.5 Å². The van der Waals surface area contributed by atoms with Crippen molar-refractivity contribution in [1.82, 2.24) is 15.1 Å². The van der Waals surface area contributed by atoms with Gasteiger partial charge >= 0.3 is 0 Å². The van der Waals surface area contributed by atoms with Gasteiger partial charge in [0.25, 0.3) is 0 Å². The topological polar surface area (TPSA) is 56.2 Å². The van der Waals surface area contributed by atoms with Gasteiger partial charge in [0, 0.05) is 18.3 Å². The molecule has 0 aliphatic carbocycles. The summed E-state index contributed by atoms with van der Waals surface area (Å²) in [5, 5.41) is 7.40. The van der Waals surface area contributed by atoms with Gasteiger partial charge in [0.15, 0.2) is 0 Å². The van der Waals surface area contributed by atoms with Crippen LogP contribution in [0.25, 0.3) is 0 Å². The summed E-state index contributed by atoms with van der Waals surface area (Å²) in [5.74, 6) is 0.154. The van der Waals surface area contributed by atoms with Gasteiger partial charge in [-0.3, -0.25) is 9.48 Å². The van der Waals surface area contributed by atoms with Gasteiger partial charge in [0.05, 0.1) is 30.9 Å². The molecular weight excluding hydrogens is 290 g/mol. The summed E-state index contributed by atoms with van der Waals surface area (Å²) >= 11 is 0. The van der Waals surface area contributed by atoms with Crippen molar-refractivity contribution in [3.63, 3.8) is 0 Å². The van der Waals surface area contributed by atoms with Gasteiger partial charge in [-0.2, -0.15) is 5.10 Å². The molecule has 5 heteroatoms. The second-order valence-electron chi connectivity index (χ2n) is 6.47. The first-order valence-electron chi connectivity index (χ1n) is 8.26. The van der Waals surface area contributed by atoms with E-state index in [1.54, 1.807) is 0 Å². The number of hydrogen-bond acceptors (Lipinski definition) is 3. The Balaban J connectivity index is 1.31. The van der Waals surface area contributed by atoms with Crippen molar-refractivity contribution in [1.29, 1.82) is 0 Å². The Morgan fingerprint density at radius 3 is 2.87 bits per heavy atom. The molecule has 2 aliphatic rings. The molecule has 2 bridgehead atoms. The molecule has 1 N–H and O–H groups in total. The van der Waals surface area contributed by atoms with Crippen LogP contribution in [0.15, 0.2) is 42.7 Å². The van der Waals surface area contributed by atoms with E-state index in [-0.39, 0.29) is 17.9 Å². The van der Waals surface area contributed by atoms with Crippen molar-refractivity contribution >= 4 is 5.91 Å². The van der Waals surface area contributed by atoms with E-state index in [0.717, 1.165) is 31.4 Å². The molecule has 23 heavy (non-hydrogen) atoms. The quantitative estimate of drug-likeness (QED) is 0.920. The van der Waals surface area contributed by atoms with Crippen LogP contribution >= 0.6 is 0 Å². The molecule has 3 atom stereocenters. The standard InChI is InChI=1S/C18H21N3O2/c22-18(16-8-15-6-7-17(16)23-15)19-9-14-10-20-21(12-14)11-13-4-2-1-3-5-13/h1-5,10,12,15-17H,6-9,11H2,(H,19,22). The van der Waals surface area contributed by atoms with Crippen LogP contribution in [0.1, 0.15) is 30.4 Å². The number of benzene rings is 1. The van der Waals surface area contributed by atoms with Gasteiger partial charge in [0.1, 0.15) is 0 Å². The van der Waals surface area contributed by atoms with Crippen molar-refractivity contribution in [3.8, 4) is 0 Å². The maximum Gasteiger partial charge on any atom is 0.226 e. The van der Waals surface area contributed by atoms with E-state index < -0.39 is 0 Å². The van der Waals surface area contributed by atoms with Crippen LogP contribution in [0.4, 0.5) is 0 Å². The maximum atomic E-state index is 12.3. The Bertz CT molecular complexity index is 683. The molecule has 3 unspecified atom stereocenters. The monoisotopic (exact) mass is 311 g/mol. The van der Waals surface area contributed by atoms with Crippen LogP contribution in [0.3, 0.4) is 0 Å². The normalized spacial score (nSPS) is 25.7. The average Bonchev–Trinajstić information content (AvgIpc) is 3.30.